The van der Waals surface area contributed by atoms with Gasteiger partial charge in [0.15, 0.2) is 5.13 Å². The SMILES string of the molecule is Cc1ccc2nc(N3CC(C(=O)NCC(C)C)C3)sc2c1. The van der Waals surface area contributed by atoms with Crippen LogP contribution in [0, 0.1) is 18.8 Å². The van der Waals surface area contributed by atoms with Crippen LogP contribution in [-0.4, -0.2) is 30.5 Å². The van der Waals surface area contributed by atoms with Crippen LogP contribution in [0.25, 0.3) is 10.2 Å². The molecule has 112 valence electrons. The van der Waals surface area contributed by atoms with E-state index in [0.717, 1.165) is 30.3 Å². The van der Waals surface area contributed by atoms with Crippen molar-refractivity contribution in [3.8, 4) is 0 Å². The van der Waals surface area contributed by atoms with E-state index in [4.69, 9.17) is 0 Å². The van der Waals surface area contributed by atoms with E-state index in [1.165, 1.54) is 10.3 Å². The van der Waals surface area contributed by atoms with Crippen molar-refractivity contribution in [1.82, 2.24) is 10.3 Å². The molecule has 1 N–H and O–H groups in total. The van der Waals surface area contributed by atoms with Gasteiger partial charge >= 0.3 is 0 Å². The topological polar surface area (TPSA) is 45.2 Å². The lowest BCUT2D eigenvalue weighted by atomic mass is 10.00. The first-order chi connectivity index (χ1) is 10.0. The number of carbonyl (C=O) groups excluding carboxylic acids is 1. The largest absolute Gasteiger partial charge is 0.355 e. The zero-order valence-corrected chi connectivity index (χ0v) is 13.5. The molecule has 0 spiro atoms. The predicted octanol–water partition coefficient (Wildman–Crippen LogP) is 2.81. The second-order valence-corrected chi connectivity index (χ2v) is 7.22. The van der Waals surface area contributed by atoms with Crippen LogP contribution in [0.15, 0.2) is 18.2 Å². The summed E-state index contributed by atoms with van der Waals surface area (Å²) >= 11 is 1.71. The van der Waals surface area contributed by atoms with E-state index >= 15 is 0 Å². The van der Waals surface area contributed by atoms with Crippen LogP contribution in [0.3, 0.4) is 0 Å². The van der Waals surface area contributed by atoms with E-state index in [0.29, 0.717) is 5.92 Å². The molecule has 1 amide bonds. The van der Waals surface area contributed by atoms with Gasteiger partial charge in [0.05, 0.1) is 16.1 Å². The first kappa shape index (κ1) is 14.3. The Morgan fingerprint density at radius 2 is 2.24 bits per heavy atom. The molecule has 0 unspecified atom stereocenters. The van der Waals surface area contributed by atoms with Crippen LogP contribution in [0.5, 0.6) is 0 Å². The molecule has 4 nitrogen and oxygen atoms in total. The summed E-state index contributed by atoms with van der Waals surface area (Å²) in [5, 5.41) is 4.04. The van der Waals surface area contributed by atoms with E-state index < -0.39 is 0 Å². The number of thiazole rings is 1. The Hall–Kier alpha value is -1.62. The van der Waals surface area contributed by atoms with Crippen molar-refractivity contribution in [1.29, 1.82) is 0 Å². The van der Waals surface area contributed by atoms with Gasteiger partial charge in [0.1, 0.15) is 0 Å². The summed E-state index contributed by atoms with van der Waals surface area (Å²) in [7, 11) is 0. The van der Waals surface area contributed by atoms with Crippen LogP contribution in [0.2, 0.25) is 0 Å². The van der Waals surface area contributed by atoms with E-state index in [1.54, 1.807) is 11.3 Å². The minimum atomic E-state index is 0.109. The van der Waals surface area contributed by atoms with Crippen LogP contribution in [0.1, 0.15) is 19.4 Å². The molecule has 1 aliphatic heterocycles. The molecule has 1 fully saturated rings. The van der Waals surface area contributed by atoms with Gasteiger partial charge in [-0.25, -0.2) is 4.98 Å². The van der Waals surface area contributed by atoms with E-state index in [9.17, 15) is 4.79 Å². The second kappa shape index (κ2) is 5.64. The van der Waals surface area contributed by atoms with E-state index in [1.807, 2.05) is 0 Å². The van der Waals surface area contributed by atoms with Crippen LogP contribution >= 0.6 is 11.3 Å². The quantitative estimate of drug-likeness (QED) is 0.944. The van der Waals surface area contributed by atoms with Crippen LogP contribution < -0.4 is 10.2 Å². The number of aryl methyl sites for hydroxylation is 1. The number of nitrogens with one attached hydrogen (secondary N) is 1. The Bertz CT molecular complexity index is 659. The van der Waals surface area contributed by atoms with Crippen molar-refractivity contribution in [2.24, 2.45) is 11.8 Å². The van der Waals surface area contributed by atoms with Crippen molar-refractivity contribution in [2.45, 2.75) is 20.8 Å². The number of nitrogens with zero attached hydrogens (tertiary/aromatic N) is 2. The number of amides is 1. The number of carbonyl (C=O) groups is 1. The fourth-order valence-corrected chi connectivity index (χ4v) is 3.49. The minimum absolute atomic E-state index is 0.109. The monoisotopic (exact) mass is 303 g/mol. The summed E-state index contributed by atoms with van der Waals surface area (Å²) in [4.78, 5) is 18.8. The lowest BCUT2D eigenvalue weighted by Crippen LogP contribution is -2.54. The van der Waals surface area contributed by atoms with Crippen molar-refractivity contribution in [3.63, 3.8) is 0 Å². The van der Waals surface area contributed by atoms with Gasteiger partial charge < -0.3 is 10.2 Å². The van der Waals surface area contributed by atoms with Gasteiger partial charge in [0, 0.05) is 19.6 Å². The summed E-state index contributed by atoms with van der Waals surface area (Å²) < 4.78 is 1.22. The van der Waals surface area contributed by atoms with Crippen molar-refractivity contribution in [2.75, 3.05) is 24.5 Å². The Morgan fingerprint density at radius 3 is 2.95 bits per heavy atom. The standard InChI is InChI=1S/C16H21N3OS/c1-10(2)7-17-15(20)12-8-19(9-12)16-18-13-5-4-11(3)6-14(13)21-16/h4-6,10,12H,7-9H2,1-3H3,(H,17,20). The molecule has 3 rings (SSSR count). The van der Waals surface area contributed by atoms with E-state index in [-0.39, 0.29) is 11.8 Å². The highest BCUT2D eigenvalue weighted by Gasteiger charge is 2.34. The highest BCUT2D eigenvalue weighted by Crippen LogP contribution is 2.33. The molecule has 1 aliphatic rings. The normalized spacial score (nSPS) is 15.5. The van der Waals surface area contributed by atoms with Crippen LogP contribution in [0.4, 0.5) is 5.13 Å². The molecule has 2 heterocycles. The highest BCUT2D eigenvalue weighted by molar-refractivity contribution is 7.22. The molecule has 5 heteroatoms. The van der Waals surface area contributed by atoms with Crippen LogP contribution in [-0.2, 0) is 4.79 Å². The smallest absolute Gasteiger partial charge is 0.226 e. The van der Waals surface area contributed by atoms with Crippen molar-refractivity contribution >= 4 is 32.6 Å². The first-order valence-electron chi connectivity index (χ1n) is 7.43. The summed E-state index contributed by atoms with van der Waals surface area (Å²) in [6.07, 6.45) is 0. The molecule has 21 heavy (non-hydrogen) atoms. The molecular weight excluding hydrogens is 282 g/mol. The molecule has 1 aromatic heterocycles. The third-order valence-corrected chi connectivity index (χ3v) is 4.82. The zero-order chi connectivity index (χ0) is 15.0. The van der Waals surface area contributed by atoms with Gasteiger partial charge in [0.2, 0.25) is 5.91 Å². The Balaban J connectivity index is 1.61. The molecule has 0 aliphatic carbocycles. The zero-order valence-electron chi connectivity index (χ0n) is 12.7. The predicted molar refractivity (Wildman–Crippen MR) is 87.9 cm³/mol. The maximum Gasteiger partial charge on any atom is 0.226 e. The molecular formula is C16H21N3OS. The Labute approximate surface area is 129 Å². The van der Waals surface area contributed by atoms with Gasteiger partial charge in [-0.2, -0.15) is 0 Å². The summed E-state index contributed by atoms with van der Waals surface area (Å²) in [6, 6.07) is 6.32. The molecule has 1 aromatic carbocycles. The Kier molecular flexibility index (Phi) is 3.85. The molecule has 2 aromatic rings. The average Bonchev–Trinajstić information content (AvgIpc) is 2.76. The number of hydrogen-bond acceptors (Lipinski definition) is 4. The fourth-order valence-electron chi connectivity index (χ4n) is 2.40. The number of benzene rings is 1. The van der Waals surface area contributed by atoms with Gasteiger partial charge in [-0.05, 0) is 30.5 Å². The van der Waals surface area contributed by atoms with Gasteiger partial charge in [-0.1, -0.05) is 31.3 Å². The van der Waals surface area contributed by atoms with Crippen molar-refractivity contribution < 1.29 is 4.79 Å². The molecule has 0 bridgehead atoms. The number of fused-ring (bicyclic) bond motifs is 1. The molecule has 0 atom stereocenters. The molecule has 0 radical (unpaired) electrons. The van der Waals surface area contributed by atoms with Gasteiger partial charge in [-0.3, -0.25) is 4.79 Å². The van der Waals surface area contributed by atoms with Crippen molar-refractivity contribution in [3.05, 3.63) is 23.8 Å². The summed E-state index contributed by atoms with van der Waals surface area (Å²) in [5.74, 6) is 0.784. The second-order valence-electron chi connectivity index (χ2n) is 6.21. The summed E-state index contributed by atoms with van der Waals surface area (Å²) in [6.45, 7) is 8.63. The Morgan fingerprint density at radius 1 is 1.48 bits per heavy atom. The van der Waals surface area contributed by atoms with Gasteiger partial charge in [0.25, 0.3) is 0 Å². The third-order valence-electron chi connectivity index (χ3n) is 3.74. The fraction of sp³-hybridized carbons (Fsp3) is 0.500. The third kappa shape index (κ3) is 3.02. The average molecular weight is 303 g/mol. The number of hydrogen-bond donors (Lipinski definition) is 1. The highest BCUT2D eigenvalue weighted by atomic mass is 32.1. The minimum Gasteiger partial charge on any atom is -0.355 e. The number of rotatable bonds is 4. The van der Waals surface area contributed by atoms with Gasteiger partial charge in [-0.15, -0.1) is 0 Å². The summed E-state index contributed by atoms with van der Waals surface area (Å²) in [5.41, 5.74) is 2.31. The maximum absolute atomic E-state index is 12.0. The molecule has 0 saturated carbocycles. The lowest BCUT2D eigenvalue weighted by molar-refractivity contribution is -0.125. The number of aromatic nitrogens is 1. The number of anilines is 1. The molecule has 1 saturated heterocycles. The lowest BCUT2D eigenvalue weighted by Gasteiger charge is -2.38. The van der Waals surface area contributed by atoms with E-state index in [2.05, 4.69) is 54.2 Å². The maximum atomic E-state index is 12.0. The first-order valence-corrected chi connectivity index (χ1v) is 8.24.